The first-order chi connectivity index (χ1) is 10.2. The van der Waals surface area contributed by atoms with Crippen molar-refractivity contribution in [2.75, 3.05) is 0 Å². The molecule has 0 aliphatic heterocycles. The van der Waals surface area contributed by atoms with Crippen molar-refractivity contribution in [2.45, 2.75) is 70.8 Å². The average molecular weight is 293 g/mol. The van der Waals surface area contributed by atoms with Gasteiger partial charge in [-0.1, -0.05) is 38.5 Å². The number of amides is 1. The molecule has 1 amide bonds. The molecule has 0 spiro atoms. The molecule has 0 saturated heterocycles. The molecule has 116 valence electrons. The van der Waals surface area contributed by atoms with E-state index in [2.05, 4.69) is 15.5 Å². The van der Waals surface area contributed by atoms with E-state index in [0.29, 0.717) is 17.7 Å². The second-order valence-electron chi connectivity index (χ2n) is 5.67. The molecule has 21 heavy (non-hydrogen) atoms. The summed E-state index contributed by atoms with van der Waals surface area (Å²) >= 11 is 0. The molecule has 1 aromatic rings. The summed E-state index contributed by atoms with van der Waals surface area (Å²) in [5.74, 6) is 0.208. The van der Waals surface area contributed by atoms with Crippen LogP contribution in [0.1, 0.15) is 76.0 Å². The van der Waals surface area contributed by atoms with Crippen molar-refractivity contribution in [3.05, 3.63) is 11.8 Å². The van der Waals surface area contributed by atoms with Crippen LogP contribution in [0.4, 0.5) is 0 Å². The molecule has 6 heteroatoms. The summed E-state index contributed by atoms with van der Waals surface area (Å²) < 4.78 is 5.64. The Hall–Kier alpha value is -1.72. The van der Waals surface area contributed by atoms with E-state index >= 15 is 0 Å². The number of nitrogens with one attached hydrogen (secondary N) is 1. The summed E-state index contributed by atoms with van der Waals surface area (Å²) in [5.41, 5.74) is 0. The average Bonchev–Trinajstić information content (AvgIpc) is 2.97. The summed E-state index contributed by atoms with van der Waals surface area (Å²) in [6.45, 7) is 1.34. The summed E-state index contributed by atoms with van der Waals surface area (Å²) in [5, 5.41) is 10.5. The van der Waals surface area contributed by atoms with Crippen LogP contribution in [0.2, 0.25) is 0 Å². The molecule has 1 aliphatic carbocycles. The minimum absolute atomic E-state index is 0.109. The zero-order valence-corrected chi connectivity index (χ0v) is 12.6. The van der Waals surface area contributed by atoms with Crippen molar-refractivity contribution in [2.24, 2.45) is 0 Å². The number of ketones is 1. The number of carbonyl (C=O) groups is 2. The quantitative estimate of drug-likeness (QED) is 0.862. The smallest absolute Gasteiger partial charge is 0.287 e. The zero-order chi connectivity index (χ0) is 15.1. The first kappa shape index (κ1) is 15.7. The van der Waals surface area contributed by atoms with Crippen LogP contribution in [0, 0.1) is 0 Å². The zero-order valence-electron chi connectivity index (χ0n) is 12.6. The highest BCUT2D eigenvalue weighted by Gasteiger charge is 2.19. The Labute approximate surface area is 124 Å². The van der Waals surface area contributed by atoms with Crippen LogP contribution in [-0.4, -0.2) is 21.9 Å². The van der Waals surface area contributed by atoms with Gasteiger partial charge in [0.15, 0.2) is 0 Å². The Bertz CT molecular complexity index is 474. The Morgan fingerprint density at radius 2 is 1.71 bits per heavy atom. The molecule has 0 aromatic carbocycles. The highest BCUT2D eigenvalue weighted by molar-refractivity contribution is 6.35. The van der Waals surface area contributed by atoms with Crippen LogP contribution in [0.3, 0.4) is 0 Å². The molecule has 0 unspecified atom stereocenters. The predicted molar refractivity (Wildman–Crippen MR) is 76.5 cm³/mol. The van der Waals surface area contributed by atoms with Crippen molar-refractivity contribution in [1.29, 1.82) is 0 Å². The van der Waals surface area contributed by atoms with Crippen LogP contribution in [0.25, 0.3) is 0 Å². The number of aromatic nitrogens is 2. The van der Waals surface area contributed by atoms with Crippen LogP contribution in [-0.2, 0) is 16.1 Å². The van der Waals surface area contributed by atoms with Gasteiger partial charge in [-0.05, 0) is 12.8 Å². The van der Waals surface area contributed by atoms with Gasteiger partial charge in [-0.15, -0.1) is 10.2 Å². The van der Waals surface area contributed by atoms with Crippen LogP contribution < -0.4 is 5.32 Å². The molecule has 1 N–H and O–H groups in total. The van der Waals surface area contributed by atoms with Gasteiger partial charge in [-0.2, -0.15) is 0 Å². The van der Waals surface area contributed by atoms with Gasteiger partial charge in [-0.3, -0.25) is 9.59 Å². The predicted octanol–water partition coefficient (Wildman–Crippen LogP) is 2.49. The Morgan fingerprint density at radius 3 is 2.33 bits per heavy atom. The number of Topliss-reactive ketones (excluding diaryl/α,β-unsaturated/α-hetero) is 1. The Balaban J connectivity index is 1.91. The minimum Gasteiger partial charge on any atom is -0.423 e. The molecule has 1 heterocycles. The van der Waals surface area contributed by atoms with E-state index < -0.39 is 11.7 Å². The summed E-state index contributed by atoms with van der Waals surface area (Å²) in [6, 6.07) is 0. The van der Waals surface area contributed by atoms with Crippen molar-refractivity contribution in [3.8, 4) is 0 Å². The van der Waals surface area contributed by atoms with Crippen LogP contribution in [0.15, 0.2) is 4.42 Å². The molecule has 0 radical (unpaired) electrons. The number of hydrogen-bond donors (Lipinski definition) is 1. The van der Waals surface area contributed by atoms with Gasteiger partial charge >= 0.3 is 0 Å². The Kier molecular flexibility index (Phi) is 5.90. The van der Waals surface area contributed by atoms with E-state index in [9.17, 15) is 9.59 Å². The van der Waals surface area contributed by atoms with Crippen molar-refractivity contribution in [1.82, 2.24) is 15.5 Å². The first-order valence-electron chi connectivity index (χ1n) is 7.78. The van der Waals surface area contributed by atoms with Gasteiger partial charge in [-0.25, -0.2) is 0 Å². The van der Waals surface area contributed by atoms with Crippen molar-refractivity contribution in [3.63, 3.8) is 0 Å². The SMILES string of the molecule is CC(=O)C(=O)NCc1nnc(C2CCCCCCCC2)o1. The van der Waals surface area contributed by atoms with Gasteiger partial charge in [0.1, 0.15) is 0 Å². The second kappa shape index (κ2) is 7.90. The van der Waals surface area contributed by atoms with Gasteiger partial charge in [0.25, 0.3) is 5.91 Å². The van der Waals surface area contributed by atoms with E-state index in [1.165, 1.54) is 45.4 Å². The maximum absolute atomic E-state index is 11.2. The largest absolute Gasteiger partial charge is 0.423 e. The summed E-state index contributed by atoms with van der Waals surface area (Å²) in [7, 11) is 0. The lowest BCUT2D eigenvalue weighted by molar-refractivity contribution is -0.136. The van der Waals surface area contributed by atoms with Gasteiger partial charge < -0.3 is 9.73 Å². The highest BCUT2D eigenvalue weighted by atomic mass is 16.4. The second-order valence-corrected chi connectivity index (χ2v) is 5.67. The van der Waals surface area contributed by atoms with Crippen molar-refractivity contribution >= 4 is 11.7 Å². The number of hydrogen-bond acceptors (Lipinski definition) is 5. The number of carbonyl (C=O) groups excluding carboxylic acids is 2. The molecule has 1 aliphatic rings. The van der Waals surface area contributed by atoms with Crippen LogP contribution >= 0.6 is 0 Å². The lowest BCUT2D eigenvalue weighted by atomic mass is 9.97. The fraction of sp³-hybridized carbons (Fsp3) is 0.733. The fourth-order valence-corrected chi connectivity index (χ4v) is 2.66. The highest BCUT2D eigenvalue weighted by Crippen LogP contribution is 2.29. The fourth-order valence-electron chi connectivity index (χ4n) is 2.66. The molecule has 1 saturated carbocycles. The lowest BCUT2D eigenvalue weighted by Gasteiger charge is -2.10. The molecular formula is C15H23N3O3. The normalized spacial score (nSPS) is 17.6. The standard InChI is InChI=1S/C15H23N3O3/c1-11(19)14(20)16-10-13-17-18-15(21-13)12-8-6-4-2-3-5-7-9-12/h12H,2-10H2,1H3,(H,16,20). The summed E-state index contributed by atoms with van der Waals surface area (Å²) in [4.78, 5) is 22.0. The molecular weight excluding hydrogens is 270 g/mol. The van der Waals surface area contributed by atoms with E-state index in [-0.39, 0.29) is 6.54 Å². The molecule has 1 aromatic heterocycles. The monoisotopic (exact) mass is 293 g/mol. The third kappa shape index (κ3) is 4.95. The van der Waals surface area contributed by atoms with Crippen LogP contribution in [0.5, 0.6) is 0 Å². The third-order valence-electron chi connectivity index (χ3n) is 3.91. The molecule has 0 bridgehead atoms. The molecule has 2 rings (SSSR count). The lowest BCUT2D eigenvalue weighted by Crippen LogP contribution is -2.28. The molecule has 0 atom stereocenters. The van der Waals surface area contributed by atoms with E-state index in [4.69, 9.17) is 4.42 Å². The van der Waals surface area contributed by atoms with Gasteiger partial charge in [0.2, 0.25) is 17.6 Å². The first-order valence-corrected chi connectivity index (χ1v) is 7.78. The number of rotatable bonds is 4. The maximum Gasteiger partial charge on any atom is 0.287 e. The van der Waals surface area contributed by atoms with E-state index in [1.54, 1.807) is 0 Å². The minimum atomic E-state index is -0.628. The number of nitrogens with zero attached hydrogens (tertiary/aromatic N) is 2. The summed E-state index contributed by atoms with van der Waals surface area (Å²) in [6.07, 6.45) is 9.74. The van der Waals surface area contributed by atoms with Gasteiger partial charge in [0, 0.05) is 12.8 Å². The maximum atomic E-state index is 11.2. The van der Waals surface area contributed by atoms with Gasteiger partial charge in [0.05, 0.1) is 6.54 Å². The molecule has 1 fully saturated rings. The third-order valence-corrected chi connectivity index (χ3v) is 3.91. The van der Waals surface area contributed by atoms with Crippen molar-refractivity contribution < 1.29 is 14.0 Å². The van der Waals surface area contributed by atoms with E-state index in [1.807, 2.05) is 0 Å². The van der Waals surface area contributed by atoms with E-state index in [0.717, 1.165) is 12.8 Å². The topological polar surface area (TPSA) is 85.1 Å². The molecule has 6 nitrogen and oxygen atoms in total. The Morgan fingerprint density at radius 1 is 1.10 bits per heavy atom.